The molecule has 0 bridgehead atoms. The van der Waals surface area contributed by atoms with Crippen molar-refractivity contribution in [3.63, 3.8) is 0 Å². The lowest BCUT2D eigenvalue weighted by molar-refractivity contribution is 0.241. The van der Waals surface area contributed by atoms with E-state index in [4.69, 9.17) is 23.2 Å². The largest absolute Gasteiger partial charge is 0.394 e. The number of nitrogens with one attached hydrogen (secondary N) is 1. The minimum atomic E-state index is -0.0669. The molecule has 1 aromatic heterocycles. The van der Waals surface area contributed by atoms with Crippen LogP contribution in [-0.4, -0.2) is 28.0 Å². The van der Waals surface area contributed by atoms with E-state index in [0.29, 0.717) is 11.6 Å². The molecule has 90 valence electrons. The fraction of sp³-hybridized carbons (Fsp3) is 0.600. The molecule has 1 rings (SSSR count). The number of anilines is 1. The predicted octanol–water partition coefficient (Wildman–Crippen LogP) is 2.60. The van der Waals surface area contributed by atoms with Crippen molar-refractivity contribution in [2.75, 3.05) is 11.9 Å². The zero-order chi connectivity index (χ0) is 12.1. The summed E-state index contributed by atoms with van der Waals surface area (Å²) in [5.41, 5.74) is 0.598. The fourth-order valence-electron chi connectivity index (χ4n) is 1.31. The van der Waals surface area contributed by atoms with E-state index < -0.39 is 0 Å². The molecule has 0 unspecified atom stereocenters. The summed E-state index contributed by atoms with van der Waals surface area (Å²) in [6.45, 7) is 4.15. The van der Waals surface area contributed by atoms with E-state index in [0.717, 1.165) is 6.42 Å². The van der Waals surface area contributed by atoms with Gasteiger partial charge in [-0.15, -0.1) is 10.2 Å². The second-order valence-corrected chi connectivity index (χ2v) is 4.44. The van der Waals surface area contributed by atoms with E-state index in [1.807, 2.05) is 0 Å². The number of rotatable bonds is 5. The van der Waals surface area contributed by atoms with Crippen LogP contribution in [0.4, 0.5) is 5.69 Å². The second-order valence-electron chi connectivity index (χ2n) is 3.69. The molecule has 6 heteroatoms. The van der Waals surface area contributed by atoms with Crippen LogP contribution in [0.3, 0.4) is 0 Å². The average Bonchev–Trinajstić information content (AvgIpc) is 2.29. The average molecular weight is 264 g/mol. The van der Waals surface area contributed by atoms with Crippen LogP contribution in [0.1, 0.15) is 20.3 Å². The van der Waals surface area contributed by atoms with Gasteiger partial charge < -0.3 is 10.4 Å². The summed E-state index contributed by atoms with van der Waals surface area (Å²) in [6.07, 6.45) is 0.960. The number of nitrogens with zero attached hydrogens (tertiary/aromatic N) is 2. The molecule has 4 nitrogen and oxygen atoms in total. The van der Waals surface area contributed by atoms with E-state index in [2.05, 4.69) is 29.4 Å². The first kappa shape index (κ1) is 13.5. The molecule has 0 fully saturated rings. The molecule has 2 atom stereocenters. The van der Waals surface area contributed by atoms with Gasteiger partial charge in [-0.25, -0.2) is 0 Å². The van der Waals surface area contributed by atoms with Crippen molar-refractivity contribution in [3.05, 3.63) is 16.4 Å². The van der Waals surface area contributed by atoms with E-state index in [1.165, 1.54) is 0 Å². The molecule has 0 amide bonds. The Balaban J connectivity index is 2.81. The summed E-state index contributed by atoms with van der Waals surface area (Å²) in [6, 6.07) is 1.53. The summed E-state index contributed by atoms with van der Waals surface area (Å²) in [5.74, 6) is 0.327. The first-order valence-corrected chi connectivity index (χ1v) is 5.90. The first-order valence-electron chi connectivity index (χ1n) is 5.14. The number of aliphatic hydroxyl groups excluding tert-OH is 1. The third-order valence-corrected chi connectivity index (χ3v) is 3.05. The Morgan fingerprint density at radius 1 is 1.44 bits per heavy atom. The third kappa shape index (κ3) is 3.47. The maximum Gasteiger partial charge on any atom is 0.174 e. The van der Waals surface area contributed by atoms with Crippen LogP contribution in [-0.2, 0) is 0 Å². The smallest absolute Gasteiger partial charge is 0.174 e. The molecule has 0 radical (unpaired) electrons. The summed E-state index contributed by atoms with van der Waals surface area (Å²) in [4.78, 5) is 0. The molecule has 2 N–H and O–H groups in total. The zero-order valence-electron chi connectivity index (χ0n) is 9.24. The lowest BCUT2D eigenvalue weighted by atomic mass is 10.00. The van der Waals surface area contributed by atoms with Crippen LogP contribution in [0.5, 0.6) is 0 Å². The second kappa shape index (κ2) is 6.23. The predicted molar refractivity (Wildman–Crippen MR) is 66.0 cm³/mol. The Labute approximate surface area is 105 Å². The number of halogens is 2. The molecule has 1 aromatic rings. The van der Waals surface area contributed by atoms with Crippen LogP contribution in [0.25, 0.3) is 0 Å². The summed E-state index contributed by atoms with van der Waals surface area (Å²) >= 11 is 11.6. The van der Waals surface area contributed by atoms with E-state index in [-0.39, 0.29) is 23.0 Å². The lowest BCUT2D eigenvalue weighted by Crippen LogP contribution is -2.31. The Morgan fingerprint density at radius 3 is 2.69 bits per heavy atom. The van der Waals surface area contributed by atoms with E-state index in [9.17, 15) is 5.11 Å². The fourth-order valence-corrected chi connectivity index (χ4v) is 1.60. The molecular weight excluding hydrogens is 249 g/mol. The molecule has 16 heavy (non-hydrogen) atoms. The molecule has 0 aliphatic heterocycles. The normalized spacial score (nSPS) is 14.6. The van der Waals surface area contributed by atoms with E-state index in [1.54, 1.807) is 6.07 Å². The van der Waals surface area contributed by atoms with Crippen LogP contribution in [0, 0.1) is 5.92 Å². The van der Waals surface area contributed by atoms with Gasteiger partial charge in [-0.1, -0.05) is 43.5 Å². The van der Waals surface area contributed by atoms with Gasteiger partial charge in [-0.3, -0.25) is 0 Å². The number of aliphatic hydroxyl groups is 1. The van der Waals surface area contributed by atoms with Crippen LogP contribution >= 0.6 is 23.2 Å². The molecule has 1 heterocycles. The van der Waals surface area contributed by atoms with Gasteiger partial charge in [0.05, 0.1) is 18.3 Å². The van der Waals surface area contributed by atoms with Crippen LogP contribution < -0.4 is 5.32 Å². The standard InChI is InChI=1S/C10H15Cl2N3O/c1-3-6(2)8(5-16)13-7-4-9(11)14-15-10(7)12/h4,6,8,16H,3,5H2,1-2H3,(H,13,14)/t6-,8+/m0/s1. The van der Waals surface area contributed by atoms with Gasteiger partial charge in [0.15, 0.2) is 10.3 Å². The van der Waals surface area contributed by atoms with E-state index >= 15 is 0 Å². The number of hydrogen-bond acceptors (Lipinski definition) is 4. The molecule has 0 saturated heterocycles. The Hall–Kier alpha value is -0.580. The SMILES string of the molecule is CC[C@H](C)[C@@H](CO)Nc1cc(Cl)nnc1Cl. The van der Waals surface area contributed by atoms with Crippen molar-refractivity contribution >= 4 is 28.9 Å². The Morgan fingerprint density at radius 2 is 2.12 bits per heavy atom. The highest BCUT2D eigenvalue weighted by atomic mass is 35.5. The highest BCUT2D eigenvalue weighted by molar-refractivity contribution is 6.33. The molecule has 0 aliphatic carbocycles. The minimum Gasteiger partial charge on any atom is -0.394 e. The first-order chi connectivity index (χ1) is 7.58. The maximum atomic E-state index is 9.27. The Kier molecular flexibility index (Phi) is 5.25. The summed E-state index contributed by atoms with van der Waals surface area (Å²) in [5, 5.41) is 20.2. The van der Waals surface area contributed by atoms with Crippen LogP contribution in [0.15, 0.2) is 6.07 Å². The lowest BCUT2D eigenvalue weighted by Gasteiger charge is -2.23. The quantitative estimate of drug-likeness (QED) is 0.858. The van der Waals surface area contributed by atoms with Gasteiger partial charge in [0, 0.05) is 6.07 Å². The Bertz CT molecular complexity index is 349. The maximum absolute atomic E-state index is 9.27. The molecular formula is C10H15Cl2N3O. The van der Waals surface area contributed by atoms with Gasteiger partial charge >= 0.3 is 0 Å². The van der Waals surface area contributed by atoms with Crippen LogP contribution in [0.2, 0.25) is 10.3 Å². The van der Waals surface area contributed by atoms with Gasteiger partial charge in [0.2, 0.25) is 0 Å². The van der Waals surface area contributed by atoms with Gasteiger partial charge in [-0.05, 0) is 5.92 Å². The summed E-state index contributed by atoms with van der Waals surface area (Å²) < 4.78 is 0. The monoisotopic (exact) mass is 263 g/mol. The zero-order valence-corrected chi connectivity index (χ0v) is 10.8. The van der Waals surface area contributed by atoms with Crippen molar-refractivity contribution in [2.24, 2.45) is 5.92 Å². The van der Waals surface area contributed by atoms with Gasteiger partial charge in [0.25, 0.3) is 0 Å². The van der Waals surface area contributed by atoms with Crippen molar-refractivity contribution in [3.8, 4) is 0 Å². The molecule has 0 aromatic carbocycles. The van der Waals surface area contributed by atoms with Crippen molar-refractivity contribution < 1.29 is 5.11 Å². The topological polar surface area (TPSA) is 58.0 Å². The van der Waals surface area contributed by atoms with Gasteiger partial charge in [-0.2, -0.15) is 0 Å². The molecule has 0 aliphatic rings. The number of aromatic nitrogens is 2. The van der Waals surface area contributed by atoms with Gasteiger partial charge in [0.1, 0.15) is 0 Å². The van der Waals surface area contributed by atoms with Crippen molar-refractivity contribution in [2.45, 2.75) is 26.3 Å². The highest BCUT2D eigenvalue weighted by Gasteiger charge is 2.16. The molecule has 0 saturated carbocycles. The summed E-state index contributed by atoms with van der Waals surface area (Å²) in [7, 11) is 0. The minimum absolute atomic E-state index is 0.0330. The third-order valence-electron chi connectivity index (χ3n) is 2.59. The molecule has 0 spiro atoms. The van der Waals surface area contributed by atoms with Crippen molar-refractivity contribution in [1.29, 1.82) is 0 Å². The number of hydrogen-bond donors (Lipinski definition) is 2. The van der Waals surface area contributed by atoms with Crippen molar-refractivity contribution in [1.82, 2.24) is 10.2 Å². The highest BCUT2D eigenvalue weighted by Crippen LogP contribution is 2.23.